The molecule has 0 bridgehead atoms. The van der Waals surface area contributed by atoms with Gasteiger partial charge in [-0.25, -0.2) is 0 Å². The molecule has 0 radical (unpaired) electrons. The van der Waals surface area contributed by atoms with Crippen molar-refractivity contribution in [2.75, 3.05) is 0 Å². The number of rotatable bonds is 3. The monoisotopic (exact) mass is 346 g/mol. The average Bonchev–Trinajstić information content (AvgIpc) is 2.81. The van der Waals surface area contributed by atoms with Crippen molar-refractivity contribution < 1.29 is 13.2 Å². The van der Waals surface area contributed by atoms with Crippen molar-refractivity contribution in [2.45, 2.75) is 33.0 Å². The van der Waals surface area contributed by atoms with Gasteiger partial charge in [0.1, 0.15) is 0 Å². The van der Waals surface area contributed by atoms with Gasteiger partial charge in [-0.15, -0.1) is 0 Å². The first kappa shape index (κ1) is 15.1. The predicted molar refractivity (Wildman–Crippen MR) is 75.4 cm³/mol. The Hall–Kier alpha value is -1.30. The summed E-state index contributed by atoms with van der Waals surface area (Å²) in [5.41, 5.74) is 0.806. The normalized spacial score (nSPS) is 11.9. The van der Waals surface area contributed by atoms with Crippen LogP contribution < -0.4 is 0 Å². The lowest BCUT2D eigenvalue weighted by molar-refractivity contribution is -0.137. The SMILES string of the molecule is CCc1cc(-c2ccc(Br)cc2C(F)(F)F)n(CC)n1. The first-order valence-corrected chi connectivity index (χ1v) is 7.10. The van der Waals surface area contributed by atoms with E-state index in [4.69, 9.17) is 0 Å². The zero-order chi connectivity index (χ0) is 14.9. The molecule has 0 atom stereocenters. The van der Waals surface area contributed by atoms with E-state index in [1.807, 2.05) is 13.8 Å². The summed E-state index contributed by atoms with van der Waals surface area (Å²) >= 11 is 3.09. The van der Waals surface area contributed by atoms with Gasteiger partial charge in [0, 0.05) is 16.6 Å². The molecule has 20 heavy (non-hydrogen) atoms. The van der Waals surface area contributed by atoms with Crippen LogP contribution in [0.5, 0.6) is 0 Å². The molecule has 0 N–H and O–H groups in total. The predicted octanol–water partition coefficient (Wildman–Crippen LogP) is 4.91. The fraction of sp³-hybridized carbons (Fsp3) is 0.357. The Kier molecular flexibility index (Phi) is 4.22. The lowest BCUT2D eigenvalue weighted by Gasteiger charge is -2.14. The van der Waals surface area contributed by atoms with Crippen molar-refractivity contribution in [3.05, 3.63) is 40.0 Å². The van der Waals surface area contributed by atoms with Gasteiger partial charge in [0.05, 0.1) is 17.0 Å². The van der Waals surface area contributed by atoms with Crippen LogP contribution in [0.2, 0.25) is 0 Å². The maximum Gasteiger partial charge on any atom is 0.417 e. The van der Waals surface area contributed by atoms with E-state index >= 15 is 0 Å². The summed E-state index contributed by atoms with van der Waals surface area (Å²) in [5, 5.41) is 4.31. The Balaban J connectivity index is 2.66. The second-order valence-electron chi connectivity index (χ2n) is 4.38. The summed E-state index contributed by atoms with van der Waals surface area (Å²) in [6.45, 7) is 4.32. The number of aromatic nitrogens is 2. The summed E-state index contributed by atoms with van der Waals surface area (Å²) < 4.78 is 41.6. The van der Waals surface area contributed by atoms with E-state index in [0.717, 1.165) is 11.8 Å². The number of hydrogen-bond acceptors (Lipinski definition) is 1. The lowest BCUT2D eigenvalue weighted by atomic mass is 10.0. The molecular weight excluding hydrogens is 333 g/mol. The van der Waals surface area contributed by atoms with Gasteiger partial charge in [-0.1, -0.05) is 28.9 Å². The summed E-state index contributed by atoms with van der Waals surface area (Å²) in [7, 11) is 0. The van der Waals surface area contributed by atoms with Crippen LogP contribution in [-0.2, 0) is 19.1 Å². The van der Waals surface area contributed by atoms with E-state index in [1.54, 1.807) is 16.8 Å². The second-order valence-corrected chi connectivity index (χ2v) is 5.29. The standard InChI is InChI=1S/C14H14BrF3N2/c1-3-10-8-13(20(4-2)19-10)11-6-5-9(15)7-12(11)14(16,17)18/h5-8H,3-4H2,1-2H3. The van der Waals surface area contributed by atoms with Gasteiger partial charge < -0.3 is 0 Å². The highest BCUT2D eigenvalue weighted by atomic mass is 79.9. The fourth-order valence-corrected chi connectivity index (χ4v) is 2.44. The van der Waals surface area contributed by atoms with Crippen molar-refractivity contribution in [1.29, 1.82) is 0 Å². The Labute approximate surface area is 123 Å². The first-order valence-electron chi connectivity index (χ1n) is 6.30. The summed E-state index contributed by atoms with van der Waals surface area (Å²) in [4.78, 5) is 0. The molecule has 108 valence electrons. The number of aryl methyl sites for hydroxylation is 2. The van der Waals surface area contributed by atoms with E-state index in [-0.39, 0.29) is 5.56 Å². The molecule has 2 rings (SSSR count). The van der Waals surface area contributed by atoms with Crippen LogP contribution in [0.4, 0.5) is 13.2 Å². The van der Waals surface area contributed by atoms with Crippen LogP contribution in [0.25, 0.3) is 11.3 Å². The highest BCUT2D eigenvalue weighted by Crippen LogP contribution is 2.38. The lowest BCUT2D eigenvalue weighted by Crippen LogP contribution is -2.09. The molecule has 0 saturated heterocycles. The Morgan fingerprint density at radius 2 is 1.90 bits per heavy atom. The molecule has 1 aromatic carbocycles. The minimum atomic E-state index is -4.39. The molecule has 0 amide bonds. The number of benzene rings is 1. The molecule has 1 heterocycles. The fourth-order valence-electron chi connectivity index (χ4n) is 2.08. The van der Waals surface area contributed by atoms with Crippen molar-refractivity contribution in [2.24, 2.45) is 0 Å². The van der Waals surface area contributed by atoms with Gasteiger partial charge >= 0.3 is 6.18 Å². The van der Waals surface area contributed by atoms with E-state index in [2.05, 4.69) is 21.0 Å². The Morgan fingerprint density at radius 1 is 1.20 bits per heavy atom. The zero-order valence-corrected chi connectivity index (χ0v) is 12.7. The molecule has 0 saturated carbocycles. The third-order valence-corrected chi connectivity index (χ3v) is 3.55. The van der Waals surface area contributed by atoms with Crippen LogP contribution in [-0.4, -0.2) is 9.78 Å². The van der Waals surface area contributed by atoms with Crippen molar-refractivity contribution in [3.63, 3.8) is 0 Å². The molecule has 0 aliphatic rings. The number of alkyl halides is 3. The Morgan fingerprint density at radius 3 is 2.45 bits per heavy atom. The maximum atomic E-state index is 13.2. The molecule has 0 fully saturated rings. The minimum Gasteiger partial charge on any atom is -0.265 e. The molecule has 2 aromatic rings. The summed E-state index contributed by atoms with van der Waals surface area (Å²) in [6, 6.07) is 5.93. The molecule has 0 unspecified atom stereocenters. The topological polar surface area (TPSA) is 17.8 Å². The van der Waals surface area contributed by atoms with Crippen molar-refractivity contribution in [3.8, 4) is 11.3 Å². The third kappa shape index (κ3) is 2.90. The smallest absolute Gasteiger partial charge is 0.265 e. The van der Waals surface area contributed by atoms with E-state index in [1.165, 1.54) is 6.07 Å². The van der Waals surface area contributed by atoms with Gasteiger partial charge in [0.15, 0.2) is 0 Å². The largest absolute Gasteiger partial charge is 0.417 e. The second kappa shape index (κ2) is 5.60. The zero-order valence-electron chi connectivity index (χ0n) is 11.1. The third-order valence-electron chi connectivity index (χ3n) is 3.06. The minimum absolute atomic E-state index is 0.162. The van der Waals surface area contributed by atoms with Crippen LogP contribution in [0.15, 0.2) is 28.7 Å². The van der Waals surface area contributed by atoms with E-state index < -0.39 is 11.7 Å². The van der Waals surface area contributed by atoms with E-state index in [9.17, 15) is 13.2 Å². The first-order chi connectivity index (χ1) is 9.36. The van der Waals surface area contributed by atoms with E-state index in [0.29, 0.717) is 23.1 Å². The van der Waals surface area contributed by atoms with Crippen LogP contribution in [0.3, 0.4) is 0 Å². The molecule has 0 aliphatic carbocycles. The highest BCUT2D eigenvalue weighted by Gasteiger charge is 2.34. The van der Waals surface area contributed by atoms with Crippen LogP contribution in [0, 0.1) is 0 Å². The van der Waals surface area contributed by atoms with Crippen LogP contribution in [0.1, 0.15) is 25.1 Å². The summed E-state index contributed by atoms with van der Waals surface area (Å²) in [6.07, 6.45) is -3.70. The summed E-state index contributed by atoms with van der Waals surface area (Å²) in [5.74, 6) is 0. The van der Waals surface area contributed by atoms with Gasteiger partial charge in [-0.05, 0) is 31.5 Å². The molecule has 2 nitrogen and oxygen atoms in total. The van der Waals surface area contributed by atoms with Crippen molar-refractivity contribution >= 4 is 15.9 Å². The van der Waals surface area contributed by atoms with Gasteiger partial charge in [0.25, 0.3) is 0 Å². The van der Waals surface area contributed by atoms with Gasteiger partial charge in [-0.3, -0.25) is 4.68 Å². The van der Waals surface area contributed by atoms with Gasteiger partial charge in [-0.2, -0.15) is 18.3 Å². The molecule has 6 heteroatoms. The molecular formula is C14H14BrF3N2. The molecule has 0 spiro atoms. The Bertz CT molecular complexity index is 617. The van der Waals surface area contributed by atoms with Crippen LogP contribution >= 0.6 is 15.9 Å². The van der Waals surface area contributed by atoms with Crippen molar-refractivity contribution in [1.82, 2.24) is 9.78 Å². The number of hydrogen-bond donors (Lipinski definition) is 0. The maximum absolute atomic E-state index is 13.2. The quantitative estimate of drug-likeness (QED) is 0.771. The van der Waals surface area contributed by atoms with Gasteiger partial charge in [0.2, 0.25) is 0 Å². The number of nitrogens with zero attached hydrogens (tertiary/aromatic N) is 2. The number of halogens is 4. The average molecular weight is 347 g/mol. The molecule has 1 aromatic heterocycles. The molecule has 0 aliphatic heterocycles. The highest BCUT2D eigenvalue weighted by molar-refractivity contribution is 9.10.